The monoisotopic (exact) mass is 460 g/mol. The van der Waals surface area contributed by atoms with E-state index >= 15 is 0 Å². The van der Waals surface area contributed by atoms with Gasteiger partial charge in [0.25, 0.3) is 0 Å². The number of amides is 1. The predicted octanol–water partition coefficient (Wildman–Crippen LogP) is 1.35. The van der Waals surface area contributed by atoms with E-state index in [9.17, 15) is 18.0 Å². The van der Waals surface area contributed by atoms with Crippen LogP contribution in [0.1, 0.15) is 12.8 Å². The Morgan fingerprint density at radius 1 is 1.00 bits per heavy atom. The van der Waals surface area contributed by atoms with Crippen LogP contribution in [0.2, 0.25) is 0 Å². The van der Waals surface area contributed by atoms with E-state index in [4.69, 9.17) is 9.47 Å². The minimum Gasteiger partial charge on any atom is -0.490 e. The second-order valence-corrected chi connectivity index (χ2v) is 9.23. The summed E-state index contributed by atoms with van der Waals surface area (Å²) in [5.74, 6) is 0.536. The molecule has 11 heteroatoms. The van der Waals surface area contributed by atoms with E-state index in [1.54, 1.807) is 38.4 Å². The van der Waals surface area contributed by atoms with Gasteiger partial charge in [-0.15, -0.1) is 0 Å². The zero-order valence-corrected chi connectivity index (χ0v) is 18.6. The molecule has 0 spiro atoms. The number of hydrogen-bond acceptors (Lipinski definition) is 6. The van der Waals surface area contributed by atoms with E-state index in [0.29, 0.717) is 35.9 Å². The van der Waals surface area contributed by atoms with Crippen LogP contribution < -0.4 is 25.2 Å². The molecular formula is C21H24N4O6S. The van der Waals surface area contributed by atoms with E-state index in [1.807, 2.05) is 0 Å². The number of nitrogens with zero attached hydrogens (tertiary/aromatic N) is 2. The van der Waals surface area contributed by atoms with Gasteiger partial charge in [0.15, 0.2) is 11.5 Å². The van der Waals surface area contributed by atoms with Gasteiger partial charge in [-0.2, -0.15) is 0 Å². The summed E-state index contributed by atoms with van der Waals surface area (Å²) in [5, 5.41) is 2.73. The number of carbonyl (C=O) groups is 1. The topological polar surface area (TPSA) is 121 Å². The quantitative estimate of drug-likeness (QED) is 0.573. The molecule has 2 N–H and O–H groups in total. The highest BCUT2D eigenvalue weighted by Crippen LogP contribution is 2.31. The second kappa shape index (κ2) is 8.67. The first kappa shape index (κ1) is 21.9. The molecule has 4 rings (SSSR count). The molecule has 1 aliphatic rings. The Morgan fingerprint density at radius 3 is 2.50 bits per heavy atom. The Bertz CT molecular complexity index is 1340. The lowest BCUT2D eigenvalue weighted by Gasteiger charge is -2.11. The molecule has 1 amide bonds. The van der Waals surface area contributed by atoms with Crippen LogP contribution >= 0.6 is 0 Å². The van der Waals surface area contributed by atoms with E-state index in [0.717, 1.165) is 11.9 Å². The molecule has 0 radical (unpaired) electrons. The van der Waals surface area contributed by atoms with Crippen molar-refractivity contribution >= 4 is 32.7 Å². The predicted molar refractivity (Wildman–Crippen MR) is 119 cm³/mol. The third kappa shape index (κ3) is 4.34. The van der Waals surface area contributed by atoms with Gasteiger partial charge in [0, 0.05) is 45.2 Å². The lowest BCUT2D eigenvalue weighted by atomic mass is 10.2. The number of benzene rings is 2. The highest BCUT2D eigenvalue weighted by atomic mass is 32.2. The molecule has 170 valence electrons. The Balaban J connectivity index is 1.37. The van der Waals surface area contributed by atoms with Crippen LogP contribution in [0.5, 0.6) is 11.5 Å². The van der Waals surface area contributed by atoms with Crippen molar-refractivity contribution in [2.45, 2.75) is 17.7 Å². The molecule has 2 aromatic carbocycles. The van der Waals surface area contributed by atoms with Gasteiger partial charge < -0.3 is 14.8 Å². The number of hydrogen-bond donors (Lipinski definition) is 2. The number of sulfonamides is 1. The van der Waals surface area contributed by atoms with Crippen LogP contribution in [0.15, 0.2) is 46.1 Å². The summed E-state index contributed by atoms with van der Waals surface area (Å²) in [6.07, 6.45) is 0.660. The molecule has 0 fully saturated rings. The average molecular weight is 461 g/mol. The van der Waals surface area contributed by atoms with Crippen LogP contribution in [0, 0.1) is 0 Å². The number of nitrogens with one attached hydrogen (secondary N) is 2. The Morgan fingerprint density at radius 2 is 1.72 bits per heavy atom. The van der Waals surface area contributed by atoms with Gasteiger partial charge in [0.1, 0.15) is 0 Å². The summed E-state index contributed by atoms with van der Waals surface area (Å²) in [6.45, 7) is 0.891. The van der Waals surface area contributed by atoms with Crippen LogP contribution in [0.25, 0.3) is 11.0 Å². The highest BCUT2D eigenvalue weighted by Gasteiger charge is 2.19. The zero-order valence-electron chi connectivity index (χ0n) is 17.8. The minimum absolute atomic E-state index is 0.0394. The van der Waals surface area contributed by atoms with Crippen molar-refractivity contribution < 1.29 is 22.7 Å². The van der Waals surface area contributed by atoms with E-state index in [2.05, 4.69) is 10.0 Å². The number of fused-ring (bicyclic) bond motifs is 2. The number of rotatable bonds is 6. The van der Waals surface area contributed by atoms with Gasteiger partial charge in [0.05, 0.1) is 29.1 Å². The fraction of sp³-hybridized carbons (Fsp3) is 0.333. The second-order valence-electron chi connectivity index (χ2n) is 7.46. The molecule has 1 aromatic heterocycles. The molecule has 0 saturated heterocycles. The van der Waals surface area contributed by atoms with Crippen LogP contribution in [0.3, 0.4) is 0 Å². The molecule has 0 saturated carbocycles. The normalized spacial score (nSPS) is 13.7. The fourth-order valence-electron chi connectivity index (χ4n) is 3.50. The van der Waals surface area contributed by atoms with Crippen molar-refractivity contribution in [2.24, 2.45) is 14.1 Å². The van der Waals surface area contributed by atoms with Crippen LogP contribution in [0.4, 0.5) is 5.69 Å². The van der Waals surface area contributed by atoms with Crippen LogP contribution in [-0.2, 0) is 28.9 Å². The third-order valence-electron chi connectivity index (χ3n) is 5.23. The van der Waals surface area contributed by atoms with E-state index < -0.39 is 10.0 Å². The Hall–Kier alpha value is -3.31. The fourth-order valence-corrected chi connectivity index (χ4v) is 4.55. The summed E-state index contributed by atoms with van der Waals surface area (Å²) in [7, 11) is -0.481. The molecule has 1 aliphatic heterocycles. The van der Waals surface area contributed by atoms with Crippen molar-refractivity contribution in [3.8, 4) is 11.5 Å². The van der Waals surface area contributed by atoms with Gasteiger partial charge in [-0.3, -0.25) is 13.9 Å². The lowest BCUT2D eigenvalue weighted by Crippen LogP contribution is -2.27. The molecule has 10 nitrogen and oxygen atoms in total. The molecule has 32 heavy (non-hydrogen) atoms. The molecule has 3 aromatic rings. The average Bonchev–Trinajstić information content (AvgIpc) is 2.94. The molecule has 0 atom stereocenters. The number of aromatic nitrogens is 2. The molecule has 0 bridgehead atoms. The zero-order chi connectivity index (χ0) is 22.9. The van der Waals surface area contributed by atoms with Crippen molar-refractivity contribution in [3.05, 3.63) is 46.9 Å². The molecule has 0 aliphatic carbocycles. The SMILES string of the molecule is Cn1c(=O)n(C)c2cc(NC(=O)CCNS(=O)(=O)c3ccc4c(c3)OCCCO4)ccc21. The standard InChI is InChI=1S/C21H24N4O6S/c1-24-16-6-4-14(12-17(16)25(2)21(24)27)23-20(26)8-9-22-32(28,29)15-5-7-18-19(13-15)31-11-3-10-30-18/h4-7,12-13,22H,3,8-11H2,1-2H3,(H,23,26). The Labute approximate surface area is 184 Å². The van der Waals surface area contributed by atoms with Gasteiger partial charge in [-0.1, -0.05) is 0 Å². The van der Waals surface area contributed by atoms with Gasteiger partial charge in [-0.05, 0) is 30.3 Å². The molecule has 0 unspecified atom stereocenters. The number of imidazole rings is 1. The third-order valence-corrected chi connectivity index (χ3v) is 6.69. The lowest BCUT2D eigenvalue weighted by molar-refractivity contribution is -0.116. The van der Waals surface area contributed by atoms with Crippen molar-refractivity contribution in [3.63, 3.8) is 0 Å². The largest absolute Gasteiger partial charge is 0.490 e. The molecule has 2 heterocycles. The number of ether oxygens (including phenoxy) is 2. The first-order valence-corrected chi connectivity index (χ1v) is 11.6. The smallest absolute Gasteiger partial charge is 0.328 e. The van der Waals surface area contributed by atoms with Gasteiger partial charge in [0.2, 0.25) is 15.9 Å². The summed E-state index contributed by atoms with van der Waals surface area (Å²) in [6, 6.07) is 9.57. The summed E-state index contributed by atoms with van der Waals surface area (Å²) in [5.41, 5.74) is 1.80. The number of anilines is 1. The number of aryl methyl sites for hydroxylation is 2. The summed E-state index contributed by atoms with van der Waals surface area (Å²) < 4.78 is 41.7. The van der Waals surface area contributed by atoms with Crippen molar-refractivity contribution in [1.82, 2.24) is 13.9 Å². The molecular weight excluding hydrogens is 436 g/mol. The van der Waals surface area contributed by atoms with E-state index in [1.165, 1.54) is 21.3 Å². The maximum atomic E-state index is 12.6. The van der Waals surface area contributed by atoms with Crippen molar-refractivity contribution in [2.75, 3.05) is 25.1 Å². The maximum Gasteiger partial charge on any atom is 0.328 e. The van der Waals surface area contributed by atoms with Crippen molar-refractivity contribution in [1.29, 1.82) is 0 Å². The summed E-state index contributed by atoms with van der Waals surface area (Å²) >= 11 is 0. The van der Waals surface area contributed by atoms with E-state index in [-0.39, 0.29) is 29.5 Å². The first-order valence-electron chi connectivity index (χ1n) is 10.1. The Kier molecular flexibility index (Phi) is 5.94. The van der Waals surface area contributed by atoms with Crippen LogP contribution in [-0.4, -0.2) is 43.2 Å². The number of carbonyl (C=O) groups excluding carboxylic acids is 1. The summed E-state index contributed by atoms with van der Waals surface area (Å²) in [4.78, 5) is 24.4. The first-order chi connectivity index (χ1) is 15.3. The highest BCUT2D eigenvalue weighted by molar-refractivity contribution is 7.89. The minimum atomic E-state index is -3.82. The maximum absolute atomic E-state index is 12.6. The van der Waals surface area contributed by atoms with Gasteiger partial charge in [-0.25, -0.2) is 17.9 Å². The van der Waals surface area contributed by atoms with Gasteiger partial charge >= 0.3 is 5.69 Å².